The minimum absolute atomic E-state index is 0.149. The van der Waals surface area contributed by atoms with E-state index in [1.165, 1.54) is 0 Å². The molecule has 2 aliphatic rings. The number of hydrogen-bond donors (Lipinski definition) is 1. The number of benzene rings is 3. The topological polar surface area (TPSA) is 109 Å². The van der Waals surface area contributed by atoms with Gasteiger partial charge in [-0.05, 0) is 12.1 Å². The fraction of sp³-hybridized carbons (Fsp3) is 0. The first kappa shape index (κ1) is 17.4. The first-order valence-electron chi connectivity index (χ1n) is 9.19. The van der Waals surface area contributed by atoms with E-state index in [0.29, 0.717) is 45.2 Å². The molecule has 138 valence electrons. The molecule has 6 heteroatoms. The maximum Gasteiger partial charge on any atom is 0.164 e. The molecule has 2 aliphatic heterocycles. The van der Waals surface area contributed by atoms with Crippen LogP contribution in [0.4, 0.5) is 0 Å². The van der Waals surface area contributed by atoms with Crippen LogP contribution in [-0.2, 0) is 0 Å². The molecule has 2 heterocycles. The molecule has 5 rings (SSSR count). The zero-order chi connectivity index (χ0) is 20.7. The number of hydrogen-bond acceptors (Lipinski definition) is 4. The van der Waals surface area contributed by atoms with Crippen molar-refractivity contribution >= 4 is 23.2 Å². The van der Waals surface area contributed by atoms with Crippen molar-refractivity contribution in [3.8, 4) is 12.1 Å². The highest BCUT2D eigenvalue weighted by Gasteiger charge is 2.29. The number of nitrogens with one attached hydrogen (secondary N) is 1. The van der Waals surface area contributed by atoms with Gasteiger partial charge in [-0.2, -0.15) is 10.5 Å². The van der Waals surface area contributed by atoms with Gasteiger partial charge in [0, 0.05) is 27.8 Å². The average molecular weight is 384 g/mol. The van der Waals surface area contributed by atoms with Crippen LogP contribution in [0.2, 0.25) is 0 Å². The summed E-state index contributed by atoms with van der Waals surface area (Å²) >= 11 is 0. The summed E-state index contributed by atoms with van der Waals surface area (Å²) in [6, 6.07) is 24.4. The number of aliphatic imine (C=N–C) groups is 3. The molecule has 30 heavy (non-hydrogen) atoms. The Balaban J connectivity index is 1.75. The van der Waals surface area contributed by atoms with Gasteiger partial charge in [0.15, 0.2) is 17.5 Å². The quantitative estimate of drug-likeness (QED) is 0.688. The standard InChI is InChI=1S/C24H12N6/c25-12-14-6-1-2-8-16(14)21-19-11-5-7-15(13-26)20(19)24(28-21)30-23-18-10-4-3-9-17(18)22(27)29-23/h1-11,27H. The second-order valence-electron chi connectivity index (χ2n) is 6.72. The van der Waals surface area contributed by atoms with Crippen LogP contribution in [-0.4, -0.2) is 23.2 Å². The number of amidine groups is 3. The lowest BCUT2D eigenvalue weighted by molar-refractivity contribution is 1.44. The third-order valence-corrected chi connectivity index (χ3v) is 5.04. The van der Waals surface area contributed by atoms with E-state index in [9.17, 15) is 10.5 Å². The van der Waals surface area contributed by atoms with Crippen LogP contribution in [0, 0.1) is 28.1 Å². The fourth-order valence-corrected chi connectivity index (χ4v) is 3.68. The molecular weight excluding hydrogens is 372 g/mol. The van der Waals surface area contributed by atoms with Crippen molar-refractivity contribution in [2.45, 2.75) is 0 Å². The Bertz CT molecular complexity index is 1430. The first-order valence-corrected chi connectivity index (χ1v) is 9.19. The number of nitrogens with zero attached hydrogens (tertiary/aromatic N) is 5. The normalized spacial score (nSPS) is 15.1. The fourth-order valence-electron chi connectivity index (χ4n) is 3.68. The average Bonchev–Trinajstić information content (AvgIpc) is 3.32. The van der Waals surface area contributed by atoms with Gasteiger partial charge in [-0.3, -0.25) is 5.41 Å². The zero-order valence-corrected chi connectivity index (χ0v) is 15.6. The summed E-state index contributed by atoms with van der Waals surface area (Å²) in [4.78, 5) is 13.7. The van der Waals surface area contributed by atoms with E-state index in [1.807, 2.05) is 42.5 Å². The number of nitriles is 2. The molecule has 0 aliphatic carbocycles. The lowest BCUT2D eigenvalue weighted by atomic mass is 9.94. The molecule has 0 spiro atoms. The monoisotopic (exact) mass is 384 g/mol. The van der Waals surface area contributed by atoms with Gasteiger partial charge in [0.2, 0.25) is 0 Å². The molecule has 6 nitrogen and oxygen atoms in total. The van der Waals surface area contributed by atoms with Gasteiger partial charge in [0.25, 0.3) is 0 Å². The van der Waals surface area contributed by atoms with Crippen LogP contribution in [0.25, 0.3) is 0 Å². The van der Waals surface area contributed by atoms with Crippen molar-refractivity contribution in [3.05, 3.63) is 106 Å². The van der Waals surface area contributed by atoms with E-state index in [-0.39, 0.29) is 5.84 Å². The minimum Gasteiger partial charge on any atom is -0.282 e. The third kappa shape index (κ3) is 2.56. The number of fused-ring (bicyclic) bond motifs is 2. The maximum absolute atomic E-state index is 9.67. The predicted molar refractivity (Wildman–Crippen MR) is 114 cm³/mol. The summed E-state index contributed by atoms with van der Waals surface area (Å²) in [5.74, 6) is 0.895. The summed E-state index contributed by atoms with van der Waals surface area (Å²) in [7, 11) is 0. The predicted octanol–water partition coefficient (Wildman–Crippen LogP) is 3.81. The summed E-state index contributed by atoms with van der Waals surface area (Å²) in [6.45, 7) is 0. The van der Waals surface area contributed by atoms with Gasteiger partial charge in [-0.1, -0.05) is 54.6 Å². The highest BCUT2D eigenvalue weighted by atomic mass is 15.0. The molecule has 0 bridgehead atoms. The molecule has 1 N–H and O–H groups in total. The van der Waals surface area contributed by atoms with Crippen molar-refractivity contribution in [1.29, 1.82) is 15.9 Å². The maximum atomic E-state index is 9.67. The lowest BCUT2D eigenvalue weighted by Gasteiger charge is -2.06. The summed E-state index contributed by atoms with van der Waals surface area (Å²) in [5.41, 5.74) is 5.05. The largest absolute Gasteiger partial charge is 0.282 e. The van der Waals surface area contributed by atoms with Crippen molar-refractivity contribution in [2.75, 3.05) is 0 Å². The van der Waals surface area contributed by atoms with E-state index in [2.05, 4.69) is 22.1 Å². The van der Waals surface area contributed by atoms with E-state index in [4.69, 9.17) is 10.4 Å². The van der Waals surface area contributed by atoms with Crippen LogP contribution in [0.3, 0.4) is 0 Å². The van der Waals surface area contributed by atoms with Gasteiger partial charge in [0.05, 0.1) is 29.0 Å². The summed E-state index contributed by atoms with van der Waals surface area (Å²) < 4.78 is 0. The molecule has 0 amide bonds. The second kappa shape index (κ2) is 6.73. The number of rotatable bonds is 1. The molecular formula is C24H12N6. The molecule has 0 radical (unpaired) electrons. The van der Waals surface area contributed by atoms with Crippen LogP contribution < -0.4 is 0 Å². The molecule has 3 aromatic rings. The molecule has 0 atom stereocenters. The van der Waals surface area contributed by atoms with E-state index < -0.39 is 0 Å². The SMILES string of the molecule is N#Cc1ccccc1C1=NC(=NC2=NC(=N)c3ccccc32)c2c(C#N)cccc21. The van der Waals surface area contributed by atoms with Crippen molar-refractivity contribution in [1.82, 2.24) is 0 Å². The Morgan fingerprint density at radius 2 is 1.33 bits per heavy atom. The first-order chi connectivity index (χ1) is 14.7. The Morgan fingerprint density at radius 3 is 2.10 bits per heavy atom. The molecule has 0 saturated carbocycles. The zero-order valence-electron chi connectivity index (χ0n) is 15.6. The van der Waals surface area contributed by atoms with Crippen LogP contribution in [0.1, 0.15) is 38.9 Å². The van der Waals surface area contributed by atoms with Crippen molar-refractivity contribution in [3.63, 3.8) is 0 Å². The molecule has 3 aromatic carbocycles. The van der Waals surface area contributed by atoms with E-state index in [1.54, 1.807) is 24.3 Å². The molecule has 0 aromatic heterocycles. The van der Waals surface area contributed by atoms with E-state index in [0.717, 1.165) is 11.1 Å². The third-order valence-electron chi connectivity index (χ3n) is 5.04. The highest BCUT2D eigenvalue weighted by molar-refractivity contribution is 6.33. The van der Waals surface area contributed by atoms with Crippen molar-refractivity contribution in [2.24, 2.45) is 15.0 Å². The molecule has 0 fully saturated rings. The minimum atomic E-state index is 0.149. The Hall–Kier alpha value is -4.68. The van der Waals surface area contributed by atoms with Crippen LogP contribution >= 0.6 is 0 Å². The Labute approximate surface area is 172 Å². The molecule has 0 unspecified atom stereocenters. The van der Waals surface area contributed by atoms with Crippen LogP contribution in [0.5, 0.6) is 0 Å². The Morgan fingerprint density at radius 1 is 0.700 bits per heavy atom. The van der Waals surface area contributed by atoms with Gasteiger partial charge >= 0.3 is 0 Å². The smallest absolute Gasteiger partial charge is 0.164 e. The van der Waals surface area contributed by atoms with Crippen molar-refractivity contribution < 1.29 is 0 Å². The van der Waals surface area contributed by atoms with Crippen LogP contribution in [0.15, 0.2) is 81.7 Å². The Kier molecular flexibility index (Phi) is 3.91. The summed E-state index contributed by atoms with van der Waals surface area (Å²) in [6.07, 6.45) is 0. The highest BCUT2D eigenvalue weighted by Crippen LogP contribution is 2.29. The molecule has 0 saturated heterocycles. The van der Waals surface area contributed by atoms with Gasteiger partial charge in [-0.15, -0.1) is 0 Å². The summed E-state index contributed by atoms with van der Waals surface area (Å²) in [5, 5.41) is 27.3. The van der Waals surface area contributed by atoms with E-state index >= 15 is 0 Å². The second-order valence-corrected chi connectivity index (χ2v) is 6.72. The lowest BCUT2D eigenvalue weighted by Crippen LogP contribution is -2.05. The van der Waals surface area contributed by atoms with Gasteiger partial charge in [-0.25, -0.2) is 15.0 Å². The van der Waals surface area contributed by atoms with Gasteiger partial charge < -0.3 is 0 Å². The van der Waals surface area contributed by atoms with Gasteiger partial charge in [0.1, 0.15) is 0 Å².